The second kappa shape index (κ2) is 10.6. The molecule has 0 atom stereocenters. The van der Waals surface area contributed by atoms with Crippen molar-refractivity contribution in [2.45, 2.75) is 0 Å². The second-order valence-electron chi connectivity index (χ2n) is 3.03. The Morgan fingerprint density at radius 2 is 1.11 bits per heavy atom. The van der Waals surface area contributed by atoms with Gasteiger partial charge in [0.05, 0.1) is 31.1 Å². The summed E-state index contributed by atoms with van der Waals surface area (Å²) in [6.07, 6.45) is 3.42. The Morgan fingerprint density at radius 1 is 0.789 bits per heavy atom. The van der Waals surface area contributed by atoms with E-state index in [-0.39, 0.29) is 5.75 Å². The number of hydrogen-bond donors (Lipinski definition) is 1. The summed E-state index contributed by atoms with van der Waals surface area (Å²) in [5.74, 6) is 0.164. The van der Waals surface area contributed by atoms with Crippen molar-refractivity contribution in [2.75, 3.05) is 13.2 Å². The number of ether oxygens (including phenoxy) is 1. The fraction of sp³-hybridized carbons (Fsp3) is 0.167. The summed E-state index contributed by atoms with van der Waals surface area (Å²) in [5.41, 5.74) is 0. The molecule has 1 N–H and O–H groups in total. The van der Waals surface area contributed by atoms with E-state index in [1.165, 1.54) is 0 Å². The van der Waals surface area contributed by atoms with Crippen LogP contribution in [0.4, 0.5) is 0 Å². The zero-order chi connectivity index (χ0) is 15.0. The summed E-state index contributed by atoms with van der Waals surface area (Å²) in [4.78, 5) is 0. The molecule has 0 saturated carbocycles. The molecule has 0 spiro atoms. The molecule has 2 nitrogen and oxygen atoms in total. The van der Waals surface area contributed by atoms with Crippen molar-refractivity contribution >= 4 is 79.6 Å². The molecule has 1 aromatic rings. The topological polar surface area (TPSA) is 29.5 Å². The molecule has 1 aromatic carbocycles. The Labute approximate surface area is 154 Å². The number of benzene rings is 1. The molecule has 0 bridgehead atoms. The minimum Gasteiger partial charge on any atom is -0.505 e. The van der Waals surface area contributed by atoms with Gasteiger partial charge in [-0.1, -0.05) is 12.2 Å². The molecule has 0 aliphatic rings. The third-order valence-electron chi connectivity index (χ3n) is 1.66. The van der Waals surface area contributed by atoms with Gasteiger partial charge >= 0.3 is 0 Å². The van der Waals surface area contributed by atoms with E-state index in [1.807, 2.05) is 0 Å². The first-order chi connectivity index (χ1) is 8.88. The van der Waals surface area contributed by atoms with Gasteiger partial charge in [-0.3, -0.25) is 0 Å². The number of aromatic hydroxyl groups is 1. The number of rotatable bonds is 4. The lowest BCUT2D eigenvalue weighted by molar-refractivity contribution is 0.194. The Morgan fingerprint density at radius 3 is 1.42 bits per heavy atom. The van der Waals surface area contributed by atoms with Gasteiger partial charge in [0.2, 0.25) is 0 Å². The first kappa shape index (κ1) is 19.9. The summed E-state index contributed by atoms with van der Waals surface area (Å²) in [5, 5.41) is 9.52. The molecule has 0 saturated heterocycles. The maximum atomic E-state index is 9.52. The molecule has 0 unspecified atom stereocenters. The minimum absolute atomic E-state index is 0.164. The highest BCUT2D eigenvalue weighted by atomic mass is 79.9. The van der Waals surface area contributed by atoms with E-state index >= 15 is 0 Å². The van der Waals surface area contributed by atoms with Crippen molar-refractivity contribution in [2.24, 2.45) is 0 Å². The van der Waals surface area contributed by atoms with E-state index in [1.54, 1.807) is 12.2 Å². The summed E-state index contributed by atoms with van der Waals surface area (Å²) in [6.45, 7) is 8.18. The van der Waals surface area contributed by atoms with Crippen LogP contribution in [0.2, 0.25) is 0 Å². The summed E-state index contributed by atoms with van der Waals surface area (Å²) in [7, 11) is 0. The maximum Gasteiger partial charge on any atom is 0.146 e. The van der Waals surface area contributed by atoms with Crippen LogP contribution >= 0.6 is 79.6 Å². The number of phenols is 1. The first-order valence-electron chi connectivity index (χ1n) is 4.88. The molecule has 0 aliphatic heterocycles. The predicted octanol–water partition coefficient (Wildman–Crippen LogP) is 6.58. The van der Waals surface area contributed by atoms with E-state index in [0.717, 1.165) is 13.4 Å². The molecule has 0 aromatic heterocycles. The summed E-state index contributed by atoms with van der Waals surface area (Å²) in [6, 6.07) is 0. The highest BCUT2D eigenvalue weighted by Crippen LogP contribution is 2.47. The van der Waals surface area contributed by atoms with Gasteiger partial charge in [-0.05, 0) is 79.6 Å². The third kappa shape index (κ3) is 6.44. The lowest BCUT2D eigenvalue weighted by Gasteiger charge is -2.07. The first-order valence-corrected chi connectivity index (χ1v) is 8.84. The molecular weight excluding hydrogens is 576 g/mol. The zero-order valence-electron chi connectivity index (χ0n) is 9.73. The highest BCUT2D eigenvalue weighted by molar-refractivity contribution is 9.15. The standard InChI is InChI=1S/C6HBr5O.C6H10O/c7-1-2(8)4(10)6(12)5(11)3(1)9;1-3-5-7-6-4-2/h12H;3-4H,1-2,5-6H2. The normalized spacial score (nSPS) is 9.53. The van der Waals surface area contributed by atoms with Crippen molar-refractivity contribution in [1.29, 1.82) is 0 Å². The van der Waals surface area contributed by atoms with Gasteiger partial charge in [0, 0.05) is 4.47 Å². The Kier molecular flexibility index (Phi) is 11.0. The molecular formula is C12H11Br5O2. The van der Waals surface area contributed by atoms with Crippen molar-refractivity contribution in [3.8, 4) is 5.75 Å². The van der Waals surface area contributed by atoms with Crippen LogP contribution in [0.15, 0.2) is 47.7 Å². The number of hydrogen-bond acceptors (Lipinski definition) is 2. The van der Waals surface area contributed by atoms with Crippen LogP contribution in [-0.2, 0) is 4.74 Å². The van der Waals surface area contributed by atoms with Gasteiger partial charge in [0.15, 0.2) is 0 Å². The molecule has 0 heterocycles. The van der Waals surface area contributed by atoms with Crippen molar-refractivity contribution < 1.29 is 9.84 Å². The second-order valence-corrected chi connectivity index (χ2v) is 7.00. The Hall–Kier alpha value is 0.860. The van der Waals surface area contributed by atoms with E-state index in [2.05, 4.69) is 92.8 Å². The van der Waals surface area contributed by atoms with Crippen LogP contribution in [0.25, 0.3) is 0 Å². The summed E-state index contributed by atoms with van der Waals surface area (Å²) < 4.78 is 8.52. The Bertz CT molecular complexity index is 347. The smallest absolute Gasteiger partial charge is 0.146 e. The van der Waals surface area contributed by atoms with Crippen molar-refractivity contribution in [1.82, 2.24) is 0 Å². The van der Waals surface area contributed by atoms with Gasteiger partial charge in [0.1, 0.15) is 5.75 Å². The predicted molar refractivity (Wildman–Crippen MR) is 97.8 cm³/mol. The van der Waals surface area contributed by atoms with Gasteiger partial charge in [-0.15, -0.1) is 13.2 Å². The number of phenolic OH excluding ortho intramolecular Hbond substituents is 1. The van der Waals surface area contributed by atoms with Crippen LogP contribution in [0.3, 0.4) is 0 Å². The van der Waals surface area contributed by atoms with Gasteiger partial charge < -0.3 is 9.84 Å². The molecule has 0 aliphatic carbocycles. The van der Waals surface area contributed by atoms with Crippen LogP contribution in [0.5, 0.6) is 5.75 Å². The quantitative estimate of drug-likeness (QED) is 0.187. The molecule has 1 rings (SSSR count). The largest absolute Gasteiger partial charge is 0.505 e. The molecule has 106 valence electrons. The fourth-order valence-electron chi connectivity index (χ4n) is 0.828. The highest BCUT2D eigenvalue weighted by Gasteiger charge is 2.16. The lowest BCUT2D eigenvalue weighted by Crippen LogP contribution is -1.87. The summed E-state index contributed by atoms with van der Waals surface area (Å²) >= 11 is 16.4. The van der Waals surface area contributed by atoms with Crippen LogP contribution in [-0.4, -0.2) is 18.3 Å². The minimum atomic E-state index is 0.164. The van der Waals surface area contributed by atoms with Crippen molar-refractivity contribution in [3.63, 3.8) is 0 Å². The van der Waals surface area contributed by atoms with Crippen LogP contribution in [0.1, 0.15) is 0 Å². The molecule has 7 heteroatoms. The molecule has 0 fully saturated rings. The average Bonchev–Trinajstić information content (AvgIpc) is 2.42. The van der Waals surface area contributed by atoms with Crippen molar-refractivity contribution in [3.05, 3.63) is 47.7 Å². The number of halogens is 5. The average molecular weight is 587 g/mol. The van der Waals surface area contributed by atoms with Crippen LogP contribution in [0, 0.1) is 0 Å². The van der Waals surface area contributed by atoms with Crippen LogP contribution < -0.4 is 0 Å². The SMILES string of the molecule is C=CCOCC=C.Oc1c(Br)c(Br)c(Br)c(Br)c1Br. The third-order valence-corrected chi connectivity index (χ3v) is 7.71. The van der Waals surface area contributed by atoms with Gasteiger partial charge in [-0.25, -0.2) is 0 Å². The molecule has 0 amide bonds. The van der Waals surface area contributed by atoms with E-state index in [9.17, 15) is 5.11 Å². The lowest BCUT2D eigenvalue weighted by atomic mass is 10.3. The zero-order valence-corrected chi connectivity index (χ0v) is 17.7. The molecule has 0 radical (unpaired) electrons. The fourth-order valence-corrected chi connectivity index (χ4v) is 3.85. The Balaban J connectivity index is 0.000000399. The van der Waals surface area contributed by atoms with E-state index in [4.69, 9.17) is 4.74 Å². The molecule has 19 heavy (non-hydrogen) atoms. The van der Waals surface area contributed by atoms with E-state index in [0.29, 0.717) is 22.2 Å². The maximum absolute atomic E-state index is 9.52. The van der Waals surface area contributed by atoms with E-state index < -0.39 is 0 Å². The monoisotopic (exact) mass is 582 g/mol. The van der Waals surface area contributed by atoms with Gasteiger partial charge in [-0.2, -0.15) is 0 Å². The van der Waals surface area contributed by atoms with Gasteiger partial charge in [0.25, 0.3) is 0 Å².